The summed E-state index contributed by atoms with van der Waals surface area (Å²) in [5.74, 6) is 1.71. The second kappa shape index (κ2) is 8.64. The monoisotopic (exact) mass is 401 g/mol. The Balaban J connectivity index is 1.66. The Hall–Kier alpha value is -1.89. The molecule has 0 amide bonds. The molecule has 2 aromatic rings. The summed E-state index contributed by atoms with van der Waals surface area (Å²) in [4.78, 5) is 10.9. The van der Waals surface area contributed by atoms with Gasteiger partial charge in [0.1, 0.15) is 5.82 Å². The Labute approximate surface area is 171 Å². The Morgan fingerprint density at radius 2 is 2.04 bits per heavy atom. The van der Waals surface area contributed by atoms with Crippen molar-refractivity contribution in [2.75, 3.05) is 43.5 Å². The van der Waals surface area contributed by atoms with Crippen LogP contribution in [0.3, 0.4) is 0 Å². The fraction of sp³-hybridized carbons (Fsp3) is 0.524. The van der Waals surface area contributed by atoms with E-state index in [4.69, 9.17) is 22.1 Å². The second-order valence-electron chi connectivity index (χ2n) is 7.67. The minimum Gasteiger partial charge on any atom is -0.379 e. The lowest BCUT2D eigenvalue weighted by atomic mass is 9.89. The fourth-order valence-electron chi connectivity index (χ4n) is 4.25. The van der Waals surface area contributed by atoms with Gasteiger partial charge in [0, 0.05) is 29.9 Å². The highest BCUT2D eigenvalue weighted by molar-refractivity contribution is 6.31. The topological polar surface area (TPSA) is 76.3 Å². The first-order valence-corrected chi connectivity index (χ1v) is 10.5. The molecule has 0 aliphatic carbocycles. The minimum atomic E-state index is 0.00534. The van der Waals surface area contributed by atoms with Gasteiger partial charge in [0.25, 0.3) is 0 Å². The zero-order valence-electron chi connectivity index (χ0n) is 16.3. The van der Waals surface area contributed by atoms with Gasteiger partial charge in [0.05, 0.1) is 12.6 Å². The van der Waals surface area contributed by atoms with Crippen molar-refractivity contribution in [3.8, 4) is 0 Å². The summed E-state index contributed by atoms with van der Waals surface area (Å²) in [5.41, 5.74) is 9.18. The van der Waals surface area contributed by atoms with Crippen molar-refractivity contribution in [3.05, 3.63) is 46.1 Å². The first-order chi connectivity index (χ1) is 13.6. The molecule has 0 radical (unpaired) electrons. The lowest BCUT2D eigenvalue weighted by Crippen LogP contribution is -2.32. The molecule has 3 heterocycles. The van der Waals surface area contributed by atoms with Crippen molar-refractivity contribution in [3.63, 3.8) is 0 Å². The number of nitrogens with zero attached hydrogens (tertiary/aromatic N) is 3. The number of rotatable bonds is 3. The van der Waals surface area contributed by atoms with Crippen LogP contribution in [0.2, 0.25) is 5.02 Å². The lowest BCUT2D eigenvalue weighted by molar-refractivity contribution is 0.134. The van der Waals surface area contributed by atoms with Crippen LogP contribution in [0.5, 0.6) is 0 Å². The molecule has 1 aromatic heterocycles. The van der Waals surface area contributed by atoms with Gasteiger partial charge in [-0.3, -0.25) is 0 Å². The average molecular weight is 402 g/mol. The summed E-state index contributed by atoms with van der Waals surface area (Å²) < 4.78 is 5.89. The maximum atomic E-state index is 6.80. The molecular formula is C21H28ClN5O. The van der Waals surface area contributed by atoms with Crippen molar-refractivity contribution in [2.24, 2.45) is 0 Å². The minimum absolute atomic E-state index is 0.00534. The van der Waals surface area contributed by atoms with Gasteiger partial charge < -0.3 is 20.7 Å². The van der Waals surface area contributed by atoms with Crippen molar-refractivity contribution in [2.45, 2.75) is 38.1 Å². The average Bonchev–Trinajstić information content (AvgIpc) is 2.94. The Morgan fingerprint density at radius 1 is 1.21 bits per heavy atom. The molecule has 3 N–H and O–H groups in total. The van der Waals surface area contributed by atoms with Gasteiger partial charge in [-0.05, 0) is 62.4 Å². The zero-order chi connectivity index (χ0) is 19.5. The molecule has 0 saturated carbocycles. The molecule has 4 rings (SSSR count). The van der Waals surface area contributed by atoms with Gasteiger partial charge >= 0.3 is 0 Å². The van der Waals surface area contributed by atoms with Crippen molar-refractivity contribution in [1.82, 2.24) is 15.3 Å². The van der Waals surface area contributed by atoms with Crippen molar-refractivity contribution in [1.29, 1.82) is 0 Å². The summed E-state index contributed by atoms with van der Waals surface area (Å²) >= 11 is 6.80. The van der Waals surface area contributed by atoms with E-state index >= 15 is 0 Å². The third kappa shape index (κ3) is 4.24. The van der Waals surface area contributed by atoms with E-state index in [0.29, 0.717) is 18.5 Å². The number of nitrogens with two attached hydrogens (primary N) is 1. The van der Waals surface area contributed by atoms with Gasteiger partial charge in [-0.2, -0.15) is 4.98 Å². The molecule has 1 atom stereocenters. The van der Waals surface area contributed by atoms with Gasteiger partial charge in [-0.15, -0.1) is 0 Å². The highest BCUT2D eigenvalue weighted by Crippen LogP contribution is 2.36. The summed E-state index contributed by atoms with van der Waals surface area (Å²) in [6.07, 6.45) is 3.26. The number of aryl methyl sites for hydroxylation is 1. The van der Waals surface area contributed by atoms with Crippen LogP contribution in [0.25, 0.3) is 0 Å². The van der Waals surface area contributed by atoms with Gasteiger partial charge in [0.15, 0.2) is 0 Å². The molecule has 1 aromatic carbocycles. The number of piperidine rings is 1. The van der Waals surface area contributed by atoms with Crippen molar-refractivity contribution >= 4 is 23.4 Å². The molecule has 28 heavy (non-hydrogen) atoms. The summed E-state index contributed by atoms with van der Waals surface area (Å²) in [5, 5.41) is 4.22. The van der Waals surface area contributed by atoms with E-state index in [2.05, 4.69) is 38.4 Å². The third-order valence-electron chi connectivity index (χ3n) is 5.69. The molecule has 0 bridgehead atoms. The van der Waals surface area contributed by atoms with Gasteiger partial charge in [-0.1, -0.05) is 23.7 Å². The first-order valence-electron chi connectivity index (χ1n) is 10.1. The van der Waals surface area contributed by atoms with Crippen LogP contribution in [0, 0.1) is 6.92 Å². The molecule has 1 unspecified atom stereocenters. The van der Waals surface area contributed by atoms with E-state index in [1.165, 1.54) is 5.56 Å². The Kier molecular flexibility index (Phi) is 5.99. The van der Waals surface area contributed by atoms with Crippen LogP contribution >= 0.6 is 11.6 Å². The number of hydrogen-bond donors (Lipinski definition) is 2. The number of ether oxygens (including phenoxy) is 1. The van der Waals surface area contributed by atoms with Crippen LogP contribution in [0.4, 0.5) is 11.8 Å². The lowest BCUT2D eigenvalue weighted by Gasteiger charge is -2.32. The van der Waals surface area contributed by atoms with Crippen molar-refractivity contribution < 1.29 is 4.74 Å². The summed E-state index contributed by atoms with van der Waals surface area (Å²) in [6, 6.07) is 8.54. The highest BCUT2D eigenvalue weighted by Gasteiger charge is 2.27. The van der Waals surface area contributed by atoms with Crippen LogP contribution < -0.4 is 16.0 Å². The Morgan fingerprint density at radius 3 is 2.79 bits per heavy atom. The SMILES string of the molecule is Cc1cc(N2CCCOCC2c2ccc(C3CCNCC3)cc2Cl)nc(N)n1. The maximum absolute atomic E-state index is 6.80. The van der Waals surface area contributed by atoms with E-state index in [1.807, 2.05) is 13.0 Å². The predicted octanol–water partition coefficient (Wildman–Crippen LogP) is 3.46. The molecule has 7 heteroatoms. The smallest absolute Gasteiger partial charge is 0.222 e. The summed E-state index contributed by atoms with van der Waals surface area (Å²) in [6.45, 7) is 6.23. The molecule has 2 aliphatic heterocycles. The van der Waals surface area contributed by atoms with E-state index in [1.54, 1.807) is 0 Å². The number of nitrogens with one attached hydrogen (secondary N) is 1. The van der Waals surface area contributed by atoms with Gasteiger partial charge in [-0.25, -0.2) is 4.98 Å². The number of benzene rings is 1. The maximum Gasteiger partial charge on any atom is 0.222 e. The number of anilines is 2. The normalized spacial score (nSPS) is 21.5. The molecule has 0 spiro atoms. The van der Waals surface area contributed by atoms with E-state index < -0.39 is 0 Å². The predicted molar refractivity (Wildman–Crippen MR) is 113 cm³/mol. The number of nitrogen functional groups attached to an aromatic ring is 1. The molecule has 6 nitrogen and oxygen atoms in total. The van der Waals surface area contributed by atoms with Crippen LogP contribution in [-0.2, 0) is 4.74 Å². The molecule has 2 fully saturated rings. The van der Waals surface area contributed by atoms with E-state index in [9.17, 15) is 0 Å². The molecule has 150 valence electrons. The zero-order valence-corrected chi connectivity index (χ0v) is 17.1. The number of halogens is 1. The van der Waals surface area contributed by atoms with E-state index in [-0.39, 0.29) is 6.04 Å². The molecule has 2 saturated heterocycles. The van der Waals surface area contributed by atoms with Crippen LogP contribution in [-0.4, -0.2) is 42.8 Å². The van der Waals surface area contributed by atoms with Crippen LogP contribution in [0.15, 0.2) is 24.3 Å². The fourth-order valence-corrected chi connectivity index (χ4v) is 4.57. The van der Waals surface area contributed by atoms with Crippen LogP contribution in [0.1, 0.15) is 48.0 Å². The quantitative estimate of drug-likeness (QED) is 0.820. The number of hydrogen-bond acceptors (Lipinski definition) is 6. The Bertz CT molecular complexity index is 804. The molecule has 2 aliphatic rings. The third-order valence-corrected chi connectivity index (χ3v) is 6.01. The largest absolute Gasteiger partial charge is 0.379 e. The van der Waals surface area contributed by atoms with E-state index in [0.717, 1.165) is 67.6 Å². The molecular weight excluding hydrogens is 374 g/mol. The highest BCUT2D eigenvalue weighted by atomic mass is 35.5. The summed E-state index contributed by atoms with van der Waals surface area (Å²) in [7, 11) is 0. The number of aromatic nitrogens is 2. The van der Waals surface area contributed by atoms with Gasteiger partial charge in [0.2, 0.25) is 5.95 Å². The second-order valence-corrected chi connectivity index (χ2v) is 8.08. The standard InChI is InChI=1S/C21H28ClN5O/c1-14-11-20(26-21(23)25-14)27-9-2-10-28-13-19(27)17-4-3-16(12-18(17)22)15-5-7-24-8-6-15/h3-4,11-12,15,19,24H,2,5-10,13H2,1H3,(H2,23,25,26). The first kappa shape index (κ1) is 19.4.